The van der Waals surface area contributed by atoms with Crippen molar-refractivity contribution in [2.45, 2.75) is 53.0 Å². The number of carbonyl (C=O) groups excluding carboxylic acids is 1. The van der Waals surface area contributed by atoms with Crippen LogP contribution in [0.1, 0.15) is 48.4 Å². The van der Waals surface area contributed by atoms with E-state index in [-0.39, 0.29) is 11.3 Å². The molecule has 0 spiro atoms. The molecule has 5 heteroatoms. The second kappa shape index (κ2) is 6.87. The van der Waals surface area contributed by atoms with E-state index in [0.717, 1.165) is 47.7 Å². The van der Waals surface area contributed by atoms with E-state index in [2.05, 4.69) is 25.2 Å². The molecular weight excluding hydrogens is 358 g/mol. The number of fused-ring (bicyclic) bond motifs is 1. The summed E-state index contributed by atoms with van der Waals surface area (Å²) in [7, 11) is 0. The molecule has 0 aromatic heterocycles. The van der Waals surface area contributed by atoms with Crippen LogP contribution in [0.4, 0.5) is 20.2 Å². The number of rotatable bonds is 4. The molecule has 1 heterocycles. The van der Waals surface area contributed by atoms with E-state index in [0.29, 0.717) is 25.2 Å². The Kier molecular flexibility index (Phi) is 4.64. The second-order valence-electron chi connectivity index (χ2n) is 8.63. The molecule has 0 radical (unpaired) electrons. The summed E-state index contributed by atoms with van der Waals surface area (Å²) in [5.74, 6) is -1.02. The van der Waals surface area contributed by atoms with Crippen LogP contribution >= 0.6 is 0 Å². The maximum absolute atomic E-state index is 14.2. The number of anilines is 2. The average molecular weight is 384 g/mol. The predicted octanol–water partition coefficient (Wildman–Crippen LogP) is 5.27. The normalized spacial score (nSPS) is 17.2. The smallest absolute Gasteiger partial charge is 0.224 e. The Morgan fingerprint density at radius 2 is 1.96 bits per heavy atom. The molecule has 1 fully saturated rings. The summed E-state index contributed by atoms with van der Waals surface area (Å²) in [6.45, 7) is 7.44. The fraction of sp³-hybridized carbons (Fsp3) is 0.435. The SMILES string of the molecule is Cc1cc2c(c(C)c1NC(=O)CC1(C)CC1)CCN(c1ccc(F)cc1F)C2. The van der Waals surface area contributed by atoms with Gasteiger partial charge in [0.15, 0.2) is 0 Å². The summed E-state index contributed by atoms with van der Waals surface area (Å²) >= 11 is 0. The first-order chi connectivity index (χ1) is 13.3. The molecule has 3 nitrogen and oxygen atoms in total. The third kappa shape index (κ3) is 3.62. The number of nitrogens with zero attached hydrogens (tertiary/aromatic N) is 1. The maximum Gasteiger partial charge on any atom is 0.224 e. The molecule has 1 saturated carbocycles. The molecule has 2 aromatic rings. The van der Waals surface area contributed by atoms with E-state index >= 15 is 0 Å². The highest BCUT2D eigenvalue weighted by molar-refractivity contribution is 5.93. The first-order valence-corrected chi connectivity index (χ1v) is 9.87. The quantitative estimate of drug-likeness (QED) is 0.778. The first-order valence-electron chi connectivity index (χ1n) is 9.87. The van der Waals surface area contributed by atoms with Gasteiger partial charge < -0.3 is 10.2 Å². The van der Waals surface area contributed by atoms with Gasteiger partial charge in [-0.15, -0.1) is 0 Å². The summed E-state index contributed by atoms with van der Waals surface area (Å²) in [6, 6.07) is 5.82. The van der Waals surface area contributed by atoms with Gasteiger partial charge in [-0.1, -0.05) is 13.0 Å². The van der Waals surface area contributed by atoms with Crippen LogP contribution in [0.5, 0.6) is 0 Å². The van der Waals surface area contributed by atoms with Crippen molar-refractivity contribution < 1.29 is 13.6 Å². The van der Waals surface area contributed by atoms with Gasteiger partial charge in [-0.2, -0.15) is 0 Å². The molecule has 0 atom stereocenters. The molecule has 0 saturated heterocycles. The van der Waals surface area contributed by atoms with Gasteiger partial charge in [0, 0.05) is 31.3 Å². The van der Waals surface area contributed by atoms with Crippen LogP contribution < -0.4 is 10.2 Å². The van der Waals surface area contributed by atoms with Crippen LogP contribution in [0.15, 0.2) is 24.3 Å². The third-order valence-corrected chi connectivity index (χ3v) is 6.20. The Morgan fingerprint density at radius 3 is 2.64 bits per heavy atom. The molecule has 1 amide bonds. The highest BCUT2D eigenvalue weighted by Gasteiger charge is 2.39. The van der Waals surface area contributed by atoms with Crippen molar-refractivity contribution in [2.75, 3.05) is 16.8 Å². The highest BCUT2D eigenvalue weighted by atomic mass is 19.1. The summed E-state index contributed by atoms with van der Waals surface area (Å²) in [5, 5.41) is 3.13. The number of halogens is 2. The Bertz CT molecular complexity index is 950. The molecule has 0 unspecified atom stereocenters. The molecule has 2 aromatic carbocycles. The van der Waals surface area contributed by atoms with Gasteiger partial charge in [-0.3, -0.25) is 4.79 Å². The fourth-order valence-corrected chi connectivity index (χ4v) is 4.23. The number of benzene rings is 2. The molecule has 148 valence electrons. The number of nitrogens with one attached hydrogen (secondary N) is 1. The Hall–Kier alpha value is -2.43. The Balaban J connectivity index is 1.57. The lowest BCUT2D eigenvalue weighted by Gasteiger charge is -2.33. The first kappa shape index (κ1) is 18.9. The number of hydrogen-bond acceptors (Lipinski definition) is 2. The molecule has 1 N–H and O–H groups in total. The van der Waals surface area contributed by atoms with Crippen LogP contribution in [-0.2, 0) is 17.8 Å². The number of hydrogen-bond donors (Lipinski definition) is 1. The van der Waals surface area contributed by atoms with E-state index in [1.54, 1.807) is 0 Å². The van der Waals surface area contributed by atoms with Crippen molar-refractivity contribution >= 4 is 17.3 Å². The highest BCUT2D eigenvalue weighted by Crippen LogP contribution is 2.48. The van der Waals surface area contributed by atoms with Crippen LogP contribution in [0.25, 0.3) is 0 Å². The second-order valence-corrected chi connectivity index (χ2v) is 8.63. The summed E-state index contributed by atoms with van der Waals surface area (Å²) < 4.78 is 27.4. The van der Waals surface area contributed by atoms with Crippen molar-refractivity contribution in [3.8, 4) is 0 Å². The Labute approximate surface area is 164 Å². The van der Waals surface area contributed by atoms with Crippen LogP contribution in [0.3, 0.4) is 0 Å². The van der Waals surface area contributed by atoms with Gasteiger partial charge in [0.2, 0.25) is 5.91 Å². The number of carbonyl (C=O) groups is 1. The number of aryl methyl sites for hydroxylation is 1. The topological polar surface area (TPSA) is 32.3 Å². The van der Waals surface area contributed by atoms with Gasteiger partial charge in [0.25, 0.3) is 0 Å². The molecular formula is C23H26F2N2O. The van der Waals surface area contributed by atoms with Crippen LogP contribution in [0.2, 0.25) is 0 Å². The van der Waals surface area contributed by atoms with E-state index in [1.165, 1.54) is 17.7 Å². The van der Waals surface area contributed by atoms with Gasteiger partial charge in [0.1, 0.15) is 11.6 Å². The zero-order valence-corrected chi connectivity index (χ0v) is 16.7. The lowest BCUT2D eigenvalue weighted by atomic mass is 9.91. The summed E-state index contributed by atoms with van der Waals surface area (Å²) in [4.78, 5) is 14.4. The minimum atomic E-state index is -0.564. The van der Waals surface area contributed by atoms with Crippen molar-refractivity contribution in [3.63, 3.8) is 0 Å². The molecule has 4 rings (SSSR count). The minimum Gasteiger partial charge on any atom is -0.364 e. The summed E-state index contributed by atoms with van der Waals surface area (Å²) in [6.07, 6.45) is 3.58. The van der Waals surface area contributed by atoms with Crippen molar-refractivity contribution in [3.05, 3.63) is 58.2 Å². The third-order valence-electron chi connectivity index (χ3n) is 6.20. The fourth-order valence-electron chi connectivity index (χ4n) is 4.23. The molecule has 1 aliphatic heterocycles. The molecule has 0 bridgehead atoms. The maximum atomic E-state index is 14.2. The predicted molar refractivity (Wildman–Crippen MR) is 108 cm³/mol. The van der Waals surface area contributed by atoms with Crippen molar-refractivity contribution in [1.82, 2.24) is 0 Å². The average Bonchev–Trinajstić information content (AvgIpc) is 3.34. The van der Waals surface area contributed by atoms with Crippen LogP contribution in [0, 0.1) is 30.9 Å². The lowest BCUT2D eigenvalue weighted by molar-refractivity contribution is -0.117. The number of amides is 1. The molecule has 1 aliphatic carbocycles. The lowest BCUT2D eigenvalue weighted by Crippen LogP contribution is -2.32. The zero-order chi connectivity index (χ0) is 20.1. The van der Waals surface area contributed by atoms with Crippen molar-refractivity contribution in [1.29, 1.82) is 0 Å². The standard InChI is InChI=1S/C23H26F2N2O/c1-14-10-16-13-27(20-5-4-17(24)11-19(20)25)9-6-18(16)15(2)22(14)26-21(28)12-23(3)7-8-23/h4-5,10-11H,6-9,12-13H2,1-3H3,(H,26,28). The minimum absolute atomic E-state index is 0.0805. The summed E-state index contributed by atoms with van der Waals surface area (Å²) in [5.41, 5.74) is 6.00. The van der Waals surface area contributed by atoms with Gasteiger partial charge in [-0.05, 0) is 72.9 Å². The largest absolute Gasteiger partial charge is 0.364 e. The molecule has 28 heavy (non-hydrogen) atoms. The zero-order valence-electron chi connectivity index (χ0n) is 16.7. The Morgan fingerprint density at radius 1 is 1.21 bits per heavy atom. The monoisotopic (exact) mass is 384 g/mol. The molecule has 2 aliphatic rings. The van der Waals surface area contributed by atoms with Gasteiger partial charge in [0.05, 0.1) is 5.69 Å². The van der Waals surface area contributed by atoms with Crippen LogP contribution in [-0.4, -0.2) is 12.5 Å². The van der Waals surface area contributed by atoms with E-state index in [1.807, 2.05) is 11.8 Å². The van der Waals surface area contributed by atoms with Gasteiger partial charge in [-0.25, -0.2) is 8.78 Å². The van der Waals surface area contributed by atoms with E-state index in [4.69, 9.17) is 0 Å². The van der Waals surface area contributed by atoms with E-state index in [9.17, 15) is 13.6 Å². The van der Waals surface area contributed by atoms with Crippen molar-refractivity contribution in [2.24, 2.45) is 5.41 Å². The van der Waals surface area contributed by atoms with E-state index < -0.39 is 11.6 Å². The van der Waals surface area contributed by atoms with Gasteiger partial charge >= 0.3 is 0 Å².